The second kappa shape index (κ2) is 54.5. The van der Waals surface area contributed by atoms with Gasteiger partial charge in [-0.3, -0.25) is 14.4 Å². The Morgan fingerprint density at radius 3 is 0.892 bits per heavy atom. The molecule has 0 heterocycles. The Morgan fingerprint density at radius 2 is 0.569 bits per heavy atom. The smallest absolute Gasteiger partial charge is 0.306 e. The quantitative estimate of drug-likeness (QED) is 0.0262. The molecule has 6 heteroatoms. The summed E-state index contributed by atoms with van der Waals surface area (Å²) in [5.74, 6) is -0.866. The summed E-state index contributed by atoms with van der Waals surface area (Å²) in [5.41, 5.74) is 0. The van der Waals surface area contributed by atoms with Crippen LogP contribution >= 0.6 is 0 Å². The predicted molar refractivity (Wildman–Crippen MR) is 279 cm³/mol. The highest BCUT2D eigenvalue weighted by Crippen LogP contribution is 2.17. The molecule has 382 valence electrons. The molecule has 0 saturated carbocycles. The van der Waals surface area contributed by atoms with Crippen LogP contribution in [-0.4, -0.2) is 37.2 Å². The summed E-state index contributed by atoms with van der Waals surface area (Å²) in [6, 6.07) is 0. The maximum absolute atomic E-state index is 12.8. The Hall–Kier alpha value is -2.11. The molecule has 0 aliphatic carbocycles. The molecule has 0 spiro atoms. The molecule has 0 aromatic carbocycles. The van der Waals surface area contributed by atoms with E-state index in [1.54, 1.807) is 0 Å². The monoisotopic (exact) mass is 915 g/mol. The molecular weight excluding hydrogens is 805 g/mol. The fourth-order valence-corrected chi connectivity index (χ4v) is 8.58. The van der Waals surface area contributed by atoms with Crippen molar-refractivity contribution < 1.29 is 28.6 Å². The molecule has 6 nitrogen and oxygen atoms in total. The zero-order chi connectivity index (χ0) is 47.2. The Kier molecular flexibility index (Phi) is 52.7. The molecule has 0 radical (unpaired) electrons. The number of carbonyl (C=O) groups excluding carboxylic acids is 3. The first kappa shape index (κ1) is 62.9. The number of ether oxygens (including phenoxy) is 3. The summed E-state index contributed by atoms with van der Waals surface area (Å²) in [5, 5.41) is 0. The summed E-state index contributed by atoms with van der Waals surface area (Å²) in [7, 11) is 0. The molecule has 0 aliphatic heterocycles. The van der Waals surface area contributed by atoms with Gasteiger partial charge >= 0.3 is 17.9 Å². The summed E-state index contributed by atoms with van der Waals surface area (Å²) in [6.07, 6.45) is 63.1. The van der Waals surface area contributed by atoms with Crippen LogP contribution in [0.4, 0.5) is 0 Å². The lowest BCUT2D eigenvalue weighted by Crippen LogP contribution is -2.30. The zero-order valence-electron chi connectivity index (χ0n) is 43.8. The van der Waals surface area contributed by atoms with Crippen LogP contribution in [0, 0.1) is 0 Å². The van der Waals surface area contributed by atoms with Gasteiger partial charge < -0.3 is 14.2 Å². The molecule has 0 aromatic rings. The van der Waals surface area contributed by atoms with Gasteiger partial charge in [-0.15, -0.1) is 0 Å². The molecule has 0 fully saturated rings. The van der Waals surface area contributed by atoms with Crippen molar-refractivity contribution in [3.63, 3.8) is 0 Å². The molecule has 0 rings (SSSR count). The van der Waals surface area contributed by atoms with Crippen LogP contribution in [-0.2, 0) is 28.6 Å². The van der Waals surface area contributed by atoms with E-state index in [0.29, 0.717) is 19.3 Å². The molecule has 0 aliphatic rings. The molecule has 0 bridgehead atoms. The molecule has 1 atom stereocenters. The number of carbonyl (C=O) groups is 3. The van der Waals surface area contributed by atoms with Crippen molar-refractivity contribution in [3.05, 3.63) is 24.3 Å². The molecule has 0 amide bonds. The lowest BCUT2D eigenvalue weighted by atomic mass is 10.0. The van der Waals surface area contributed by atoms with E-state index in [9.17, 15) is 14.4 Å². The fourth-order valence-electron chi connectivity index (χ4n) is 8.58. The number of allylic oxidation sites excluding steroid dienone is 4. The third-order valence-corrected chi connectivity index (χ3v) is 13.0. The van der Waals surface area contributed by atoms with Gasteiger partial charge in [-0.05, 0) is 44.9 Å². The van der Waals surface area contributed by atoms with Crippen LogP contribution in [0.2, 0.25) is 0 Å². The van der Waals surface area contributed by atoms with Crippen LogP contribution in [0.5, 0.6) is 0 Å². The van der Waals surface area contributed by atoms with E-state index in [1.807, 2.05) is 0 Å². The van der Waals surface area contributed by atoms with Gasteiger partial charge in [0, 0.05) is 19.3 Å². The zero-order valence-corrected chi connectivity index (χ0v) is 43.8. The van der Waals surface area contributed by atoms with Gasteiger partial charge in [-0.25, -0.2) is 0 Å². The normalized spacial score (nSPS) is 12.1. The minimum Gasteiger partial charge on any atom is -0.462 e. The molecule has 0 saturated heterocycles. The average molecular weight is 916 g/mol. The molecule has 1 unspecified atom stereocenters. The van der Waals surface area contributed by atoms with E-state index in [4.69, 9.17) is 14.2 Å². The van der Waals surface area contributed by atoms with Crippen molar-refractivity contribution in [2.75, 3.05) is 13.2 Å². The minimum absolute atomic E-state index is 0.0717. The van der Waals surface area contributed by atoms with Crippen molar-refractivity contribution in [2.24, 2.45) is 0 Å². The first-order valence-corrected chi connectivity index (χ1v) is 28.8. The Labute approximate surface area is 404 Å². The fraction of sp³-hybridized carbons (Fsp3) is 0.881. The Morgan fingerprint density at radius 1 is 0.308 bits per heavy atom. The number of unbranched alkanes of at least 4 members (excludes halogenated alkanes) is 38. The standard InChI is InChI=1S/C59H110O6/c1-4-7-10-13-16-19-22-25-27-28-29-30-31-32-33-35-37-40-43-46-49-52-58(61)64-55-56(54-63-57(60)51-48-45-42-39-36-24-21-18-15-12-9-6-3)65-59(62)53-50-47-44-41-38-34-26-23-20-17-14-11-8-5-2/h14,17,23,26,56H,4-13,15-16,18-22,24-25,27-55H2,1-3H3/b17-14-,26-23-. The van der Waals surface area contributed by atoms with Gasteiger partial charge in [-0.2, -0.15) is 0 Å². The number of esters is 3. The van der Waals surface area contributed by atoms with E-state index < -0.39 is 6.10 Å². The van der Waals surface area contributed by atoms with E-state index in [0.717, 1.165) is 83.5 Å². The summed E-state index contributed by atoms with van der Waals surface area (Å²) < 4.78 is 16.8. The van der Waals surface area contributed by atoms with Crippen molar-refractivity contribution in [1.29, 1.82) is 0 Å². The largest absolute Gasteiger partial charge is 0.462 e. The van der Waals surface area contributed by atoms with Crippen molar-refractivity contribution in [1.82, 2.24) is 0 Å². The Balaban J connectivity index is 4.26. The topological polar surface area (TPSA) is 78.9 Å². The van der Waals surface area contributed by atoms with Crippen molar-refractivity contribution in [2.45, 2.75) is 322 Å². The van der Waals surface area contributed by atoms with Crippen molar-refractivity contribution in [3.8, 4) is 0 Å². The third kappa shape index (κ3) is 52.7. The highest BCUT2D eigenvalue weighted by molar-refractivity contribution is 5.71. The lowest BCUT2D eigenvalue weighted by Gasteiger charge is -2.18. The van der Waals surface area contributed by atoms with Crippen molar-refractivity contribution >= 4 is 17.9 Å². The maximum atomic E-state index is 12.8. The third-order valence-electron chi connectivity index (χ3n) is 13.0. The molecule has 65 heavy (non-hydrogen) atoms. The predicted octanol–water partition coefficient (Wildman–Crippen LogP) is 19.1. The molecule has 0 aromatic heterocycles. The van der Waals surface area contributed by atoms with Crippen LogP contribution in [0.25, 0.3) is 0 Å². The number of hydrogen-bond acceptors (Lipinski definition) is 6. The van der Waals surface area contributed by atoms with Gasteiger partial charge in [0.2, 0.25) is 0 Å². The highest BCUT2D eigenvalue weighted by atomic mass is 16.6. The molecule has 0 N–H and O–H groups in total. The second-order valence-corrected chi connectivity index (χ2v) is 19.6. The van der Waals surface area contributed by atoms with Gasteiger partial charge in [0.1, 0.15) is 13.2 Å². The van der Waals surface area contributed by atoms with Gasteiger partial charge in [0.15, 0.2) is 6.10 Å². The summed E-state index contributed by atoms with van der Waals surface area (Å²) >= 11 is 0. The highest BCUT2D eigenvalue weighted by Gasteiger charge is 2.19. The summed E-state index contributed by atoms with van der Waals surface area (Å²) in [4.78, 5) is 38.1. The van der Waals surface area contributed by atoms with Crippen LogP contribution in [0.3, 0.4) is 0 Å². The van der Waals surface area contributed by atoms with Crippen LogP contribution in [0.15, 0.2) is 24.3 Å². The maximum Gasteiger partial charge on any atom is 0.306 e. The van der Waals surface area contributed by atoms with E-state index in [1.165, 1.54) is 193 Å². The summed E-state index contributed by atoms with van der Waals surface area (Å²) in [6.45, 7) is 6.63. The first-order chi connectivity index (χ1) is 32.0. The van der Waals surface area contributed by atoms with Gasteiger partial charge in [0.05, 0.1) is 0 Å². The van der Waals surface area contributed by atoms with Gasteiger partial charge in [-0.1, -0.05) is 276 Å². The number of hydrogen-bond donors (Lipinski definition) is 0. The van der Waals surface area contributed by atoms with Crippen LogP contribution < -0.4 is 0 Å². The SMILES string of the molecule is CCCC/C=C\C/C=C\CCCCCCCC(=O)OC(COC(=O)CCCCCCCCCCCCCC)COC(=O)CCCCCCCCCCCCCCCCCCCCCCC. The molecular formula is C59H110O6. The Bertz CT molecular complexity index is 1050. The lowest BCUT2D eigenvalue weighted by molar-refractivity contribution is -0.167. The second-order valence-electron chi connectivity index (χ2n) is 19.6. The van der Waals surface area contributed by atoms with E-state index in [-0.39, 0.29) is 31.1 Å². The van der Waals surface area contributed by atoms with E-state index in [2.05, 4.69) is 45.1 Å². The van der Waals surface area contributed by atoms with Gasteiger partial charge in [0.25, 0.3) is 0 Å². The minimum atomic E-state index is -0.773. The number of rotatable bonds is 53. The van der Waals surface area contributed by atoms with Crippen LogP contribution in [0.1, 0.15) is 316 Å². The first-order valence-electron chi connectivity index (χ1n) is 28.8. The van der Waals surface area contributed by atoms with E-state index >= 15 is 0 Å². The average Bonchev–Trinajstić information content (AvgIpc) is 3.30.